The monoisotopic (exact) mass is 212 g/mol. The molecule has 0 aliphatic carbocycles. The maximum atomic E-state index is 11.4. The topological polar surface area (TPSA) is 49.4 Å². The highest BCUT2D eigenvalue weighted by Crippen LogP contribution is 2.05. The highest BCUT2D eigenvalue weighted by Gasteiger charge is 2.21. The van der Waals surface area contributed by atoms with Crippen molar-refractivity contribution in [3.63, 3.8) is 0 Å². The van der Waals surface area contributed by atoms with E-state index >= 15 is 0 Å². The summed E-state index contributed by atoms with van der Waals surface area (Å²) in [6, 6.07) is 0. The van der Waals surface area contributed by atoms with Gasteiger partial charge in [0.25, 0.3) is 0 Å². The molecule has 0 saturated carbocycles. The standard InChI is InChI=1S/C11H20N2O2/c1-2-3-4-5-6-7-13-9-10(14)12-8-11(13)15/h2-9H2,1H3,(H,12,14). The Labute approximate surface area is 91.0 Å². The van der Waals surface area contributed by atoms with Crippen LogP contribution in [0.2, 0.25) is 0 Å². The molecular weight excluding hydrogens is 192 g/mol. The Morgan fingerprint density at radius 1 is 1.20 bits per heavy atom. The molecule has 1 rings (SSSR count). The third-order valence-electron chi connectivity index (χ3n) is 2.66. The van der Waals surface area contributed by atoms with Crippen molar-refractivity contribution < 1.29 is 9.59 Å². The van der Waals surface area contributed by atoms with Crippen LogP contribution in [0.15, 0.2) is 0 Å². The van der Waals surface area contributed by atoms with Crippen molar-refractivity contribution in [1.29, 1.82) is 0 Å². The molecule has 0 atom stereocenters. The van der Waals surface area contributed by atoms with E-state index in [1.54, 1.807) is 4.90 Å². The number of piperazine rings is 1. The molecule has 0 spiro atoms. The van der Waals surface area contributed by atoms with Gasteiger partial charge in [-0.2, -0.15) is 0 Å². The SMILES string of the molecule is CCCCCCCN1CC(=O)NCC1=O. The quantitative estimate of drug-likeness (QED) is 0.665. The summed E-state index contributed by atoms with van der Waals surface area (Å²) in [6.07, 6.45) is 5.88. The van der Waals surface area contributed by atoms with E-state index in [4.69, 9.17) is 0 Å². The molecule has 2 amide bonds. The average Bonchev–Trinajstić information content (AvgIpc) is 2.23. The fourth-order valence-electron chi connectivity index (χ4n) is 1.71. The second-order valence-electron chi connectivity index (χ2n) is 4.01. The smallest absolute Gasteiger partial charge is 0.242 e. The zero-order valence-electron chi connectivity index (χ0n) is 9.42. The van der Waals surface area contributed by atoms with E-state index in [2.05, 4.69) is 12.2 Å². The van der Waals surface area contributed by atoms with Gasteiger partial charge in [-0.05, 0) is 6.42 Å². The number of carbonyl (C=O) groups is 2. The largest absolute Gasteiger partial charge is 0.345 e. The molecule has 1 N–H and O–H groups in total. The Bertz CT molecular complexity index is 229. The Morgan fingerprint density at radius 3 is 2.67 bits per heavy atom. The van der Waals surface area contributed by atoms with Crippen LogP contribution in [0.5, 0.6) is 0 Å². The van der Waals surface area contributed by atoms with Crippen LogP contribution in [0.1, 0.15) is 39.0 Å². The van der Waals surface area contributed by atoms with Crippen LogP contribution in [0.25, 0.3) is 0 Å². The normalized spacial score (nSPS) is 16.7. The van der Waals surface area contributed by atoms with E-state index in [0.29, 0.717) is 0 Å². The molecular formula is C11H20N2O2. The molecule has 0 bridgehead atoms. The first-order valence-electron chi connectivity index (χ1n) is 5.78. The van der Waals surface area contributed by atoms with Crippen molar-refractivity contribution in [3.8, 4) is 0 Å². The summed E-state index contributed by atoms with van der Waals surface area (Å²) in [5.41, 5.74) is 0. The van der Waals surface area contributed by atoms with E-state index in [9.17, 15) is 9.59 Å². The van der Waals surface area contributed by atoms with E-state index in [-0.39, 0.29) is 24.9 Å². The number of amides is 2. The Morgan fingerprint density at radius 2 is 1.93 bits per heavy atom. The van der Waals surface area contributed by atoms with Gasteiger partial charge in [0, 0.05) is 6.54 Å². The summed E-state index contributed by atoms with van der Waals surface area (Å²) >= 11 is 0. The summed E-state index contributed by atoms with van der Waals surface area (Å²) in [4.78, 5) is 24.1. The highest BCUT2D eigenvalue weighted by atomic mass is 16.2. The summed E-state index contributed by atoms with van der Waals surface area (Å²) in [6.45, 7) is 3.33. The molecule has 1 aliphatic rings. The summed E-state index contributed by atoms with van der Waals surface area (Å²) < 4.78 is 0. The van der Waals surface area contributed by atoms with Crippen LogP contribution in [-0.4, -0.2) is 36.3 Å². The lowest BCUT2D eigenvalue weighted by Gasteiger charge is -2.26. The van der Waals surface area contributed by atoms with Crippen LogP contribution in [0.3, 0.4) is 0 Å². The van der Waals surface area contributed by atoms with Gasteiger partial charge < -0.3 is 10.2 Å². The molecule has 86 valence electrons. The molecule has 4 heteroatoms. The van der Waals surface area contributed by atoms with Gasteiger partial charge in [0.05, 0.1) is 13.1 Å². The molecule has 0 aromatic heterocycles. The van der Waals surface area contributed by atoms with Crippen molar-refractivity contribution >= 4 is 11.8 Å². The molecule has 1 heterocycles. The third-order valence-corrected chi connectivity index (χ3v) is 2.66. The minimum Gasteiger partial charge on any atom is -0.345 e. The fraction of sp³-hybridized carbons (Fsp3) is 0.818. The molecule has 0 aromatic rings. The van der Waals surface area contributed by atoms with Gasteiger partial charge in [-0.3, -0.25) is 9.59 Å². The third kappa shape index (κ3) is 4.32. The lowest BCUT2D eigenvalue weighted by atomic mass is 10.1. The Balaban J connectivity index is 2.13. The van der Waals surface area contributed by atoms with Crippen molar-refractivity contribution in [2.75, 3.05) is 19.6 Å². The molecule has 1 aliphatic heterocycles. The number of unbranched alkanes of at least 4 members (excludes halogenated alkanes) is 4. The second-order valence-corrected chi connectivity index (χ2v) is 4.01. The van der Waals surface area contributed by atoms with Gasteiger partial charge in [0.1, 0.15) is 0 Å². The lowest BCUT2D eigenvalue weighted by molar-refractivity contribution is -0.140. The molecule has 0 radical (unpaired) electrons. The minimum absolute atomic E-state index is 0.0387. The number of carbonyl (C=O) groups excluding carboxylic acids is 2. The first kappa shape index (κ1) is 12.0. The van der Waals surface area contributed by atoms with E-state index < -0.39 is 0 Å². The molecule has 0 unspecified atom stereocenters. The fourth-order valence-corrected chi connectivity index (χ4v) is 1.71. The van der Waals surface area contributed by atoms with Gasteiger partial charge >= 0.3 is 0 Å². The molecule has 1 fully saturated rings. The second kappa shape index (κ2) is 6.43. The molecule has 0 aromatic carbocycles. The summed E-state index contributed by atoms with van der Waals surface area (Å²) in [5.74, 6) is 0.00764. The van der Waals surface area contributed by atoms with Gasteiger partial charge in [0.15, 0.2) is 0 Å². The van der Waals surface area contributed by atoms with E-state index in [1.165, 1.54) is 19.3 Å². The molecule has 15 heavy (non-hydrogen) atoms. The zero-order valence-corrected chi connectivity index (χ0v) is 9.42. The Hall–Kier alpha value is -1.06. The van der Waals surface area contributed by atoms with Crippen molar-refractivity contribution in [1.82, 2.24) is 10.2 Å². The van der Waals surface area contributed by atoms with Crippen molar-refractivity contribution in [2.45, 2.75) is 39.0 Å². The van der Waals surface area contributed by atoms with E-state index in [1.807, 2.05) is 0 Å². The van der Waals surface area contributed by atoms with Gasteiger partial charge in [-0.15, -0.1) is 0 Å². The van der Waals surface area contributed by atoms with Crippen LogP contribution in [0.4, 0.5) is 0 Å². The number of nitrogens with one attached hydrogen (secondary N) is 1. The van der Waals surface area contributed by atoms with Crippen molar-refractivity contribution in [2.24, 2.45) is 0 Å². The number of hydrogen-bond acceptors (Lipinski definition) is 2. The Kier molecular flexibility index (Phi) is 5.15. The zero-order chi connectivity index (χ0) is 11.1. The highest BCUT2D eigenvalue weighted by molar-refractivity contribution is 5.92. The van der Waals surface area contributed by atoms with Gasteiger partial charge in [-0.1, -0.05) is 32.6 Å². The number of nitrogens with zero attached hydrogens (tertiary/aromatic N) is 1. The van der Waals surface area contributed by atoms with Crippen LogP contribution in [0, 0.1) is 0 Å². The van der Waals surface area contributed by atoms with Gasteiger partial charge in [0.2, 0.25) is 11.8 Å². The maximum Gasteiger partial charge on any atom is 0.242 e. The van der Waals surface area contributed by atoms with Crippen molar-refractivity contribution in [3.05, 3.63) is 0 Å². The average molecular weight is 212 g/mol. The van der Waals surface area contributed by atoms with E-state index in [0.717, 1.165) is 19.4 Å². The molecule has 4 nitrogen and oxygen atoms in total. The summed E-state index contributed by atoms with van der Waals surface area (Å²) in [7, 11) is 0. The predicted molar refractivity (Wildman–Crippen MR) is 58.3 cm³/mol. The first-order valence-corrected chi connectivity index (χ1v) is 5.78. The van der Waals surface area contributed by atoms with Gasteiger partial charge in [-0.25, -0.2) is 0 Å². The van der Waals surface area contributed by atoms with Crippen LogP contribution >= 0.6 is 0 Å². The number of rotatable bonds is 6. The lowest BCUT2D eigenvalue weighted by Crippen LogP contribution is -2.51. The first-order chi connectivity index (χ1) is 7.24. The van der Waals surface area contributed by atoms with Crippen LogP contribution in [-0.2, 0) is 9.59 Å². The van der Waals surface area contributed by atoms with Crippen LogP contribution < -0.4 is 5.32 Å². The predicted octanol–water partition coefficient (Wildman–Crippen LogP) is 0.915. The summed E-state index contributed by atoms with van der Waals surface area (Å²) in [5, 5.41) is 2.54. The minimum atomic E-state index is -0.0387. The molecule has 1 saturated heterocycles. The maximum absolute atomic E-state index is 11.4. The number of hydrogen-bond donors (Lipinski definition) is 1.